The largest absolute Gasteiger partial charge is 0.289 e. The van der Waals surface area contributed by atoms with Gasteiger partial charge in [0.2, 0.25) is 0 Å². The van der Waals surface area contributed by atoms with Gasteiger partial charge < -0.3 is 0 Å². The molecule has 1 aliphatic carbocycles. The van der Waals surface area contributed by atoms with Crippen LogP contribution in [0.3, 0.4) is 0 Å². The first kappa shape index (κ1) is 14.9. The van der Waals surface area contributed by atoms with Crippen LogP contribution < -0.4 is 0 Å². The Hall–Kier alpha value is -3.45. The van der Waals surface area contributed by atoms with Crippen LogP contribution >= 0.6 is 0 Å². The summed E-state index contributed by atoms with van der Waals surface area (Å²) in [6.07, 6.45) is 0. The van der Waals surface area contributed by atoms with E-state index in [2.05, 4.69) is 60.7 Å². The van der Waals surface area contributed by atoms with Gasteiger partial charge in [-0.25, -0.2) is 0 Å². The SMILES string of the molecule is O=C1c2ccccc2-c2cc(-c3ccccc3-c3ccccc3)ccc21. The van der Waals surface area contributed by atoms with E-state index in [0.29, 0.717) is 0 Å². The summed E-state index contributed by atoms with van der Waals surface area (Å²) in [5.41, 5.74) is 8.37. The first-order chi connectivity index (χ1) is 12.8. The Kier molecular flexibility index (Phi) is 3.32. The maximum Gasteiger partial charge on any atom is 0.194 e. The van der Waals surface area contributed by atoms with Gasteiger partial charge in [0, 0.05) is 11.1 Å². The predicted molar refractivity (Wildman–Crippen MR) is 106 cm³/mol. The zero-order chi connectivity index (χ0) is 17.5. The zero-order valence-corrected chi connectivity index (χ0v) is 14.1. The van der Waals surface area contributed by atoms with Crippen molar-refractivity contribution in [2.45, 2.75) is 0 Å². The summed E-state index contributed by atoms with van der Waals surface area (Å²) in [5.74, 6) is 0.124. The van der Waals surface area contributed by atoms with Crippen LogP contribution in [0.15, 0.2) is 97.1 Å². The normalized spacial score (nSPS) is 11.9. The molecule has 0 bridgehead atoms. The third kappa shape index (κ3) is 2.21. The van der Waals surface area contributed by atoms with Crippen LogP contribution in [0.25, 0.3) is 33.4 Å². The van der Waals surface area contributed by atoms with E-state index < -0.39 is 0 Å². The van der Waals surface area contributed by atoms with Crippen LogP contribution in [0.5, 0.6) is 0 Å². The maximum absolute atomic E-state index is 12.6. The lowest BCUT2D eigenvalue weighted by Gasteiger charge is -2.11. The van der Waals surface area contributed by atoms with Gasteiger partial charge in [-0.3, -0.25) is 4.79 Å². The summed E-state index contributed by atoms with van der Waals surface area (Å²) in [6.45, 7) is 0. The maximum atomic E-state index is 12.6. The second kappa shape index (κ2) is 5.82. The van der Waals surface area contributed by atoms with E-state index in [1.807, 2.05) is 36.4 Å². The molecule has 0 unspecified atom stereocenters. The second-order valence-electron chi connectivity index (χ2n) is 6.55. The molecule has 0 saturated carbocycles. The topological polar surface area (TPSA) is 17.1 Å². The Bertz CT molecular complexity index is 1140. The number of rotatable bonds is 2. The highest BCUT2D eigenvalue weighted by atomic mass is 16.1. The predicted octanol–water partition coefficient (Wildman–Crippen LogP) is 6.23. The fourth-order valence-electron chi connectivity index (χ4n) is 3.80. The van der Waals surface area contributed by atoms with Gasteiger partial charge in [-0.15, -0.1) is 0 Å². The average Bonchev–Trinajstić information content (AvgIpc) is 3.01. The van der Waals surface area contributed by atoms with Crippen molar-refractivity contribution >= 4 is 5.78 Å². The molecule has 0 heterocycles. The van der Waals surface area contributed by atoms with Crippen LogP contribution in [0.4, 0.5) is 0 Å². The summed E-state index contributed by atoms with van der Waals surface area (Å²) < 4.78 is 0. The molecule has 0 spiro atoms. The highest BCUT2D eigenvalue weighted by Crippen LogP contribution is 2.40. The highest BCUT2D eigenvalue weighted by Gasteiger charge is 2.26. The van der Waals surface area contributed by atoms with Crippen LogP contribution in [0, 0.1) is 0 Å². The molecule has 0 N–H and O–H groups in total. The smallest absolute Gasteiger partial charge is 0.194 e. The fourth-order valence-corrected chi connectivity index (χ4v) is 3.80. The molecule has 1 aliphatic rings. The van der Waals surface area contributed by atoms with Gasteiger partial charge in [0.15, 0.2) is 5.78 Å². The molecule has 0 aromatic heterocycles. The third-order valence-corrected chi connectivity index (χ3v) is 5.05. The molecule has 0 amide bonds. The van der Waals surface area contributed by atoms with E-state index in [9.17, 15) is 4.79 Å². The molecule has 5 rings (SSSR count). The molecular formula is C25H16O. The monoisotopic (exact) mass is 332 g/mol. The van der Waals surface area contributed by atoms with E-state index in [-0.39, 0.29) is 5.78 Å². The number of hydrogen-bond donors (Lipinski definition) is 0. The average molecular weight is 332 g/mol. The molecular weight excluding hydrogens is 316 g/mol. The molecule has 0 radical (unpaired) electrons. The molecule has 4 aromatic rings. The van der Waals surface area contributed by atoms with Gasteiger partial charge in [-0.05, 0) is 45.5 Å². The molecule has 0 aliphatic heterocycles. The summed E-state index contributed by atoms with van der Waals surface area (Å²) >= 11 is 0. The van der Waals surface area contributed by atoms with E-state index in [4.69, 9.17) is 0 Å². The summed E-state index contributed by atoms with van der Waals surface area (Å²) in [6, 6.07) is 32.9. The van der Waals surface area contributed by atoms with Crippen molar-refractivity contribution in [2.75, 3.05) is 0 Å². The minimum absolute atomic E-state index is 0.124. The molecule has 0 atom stereocenters. The van der Waals surface area contributed by atoms with Crippen molar-refractivity contribution in [3.63, 3.8) is 0 Å². The van der Waals surface area contributed by atoms with Crippen LogP contribution in [-0.2, 0) is 0 Å². The quantitative estimate of drug-likeness (QED) is 0.374. The number of ketones is 1. The number of fused-ring (bicyclic) bond motifs is 3. The van der Waals surface area contributed by atoms with Gasteiger partial charge in [0.25, 0.3) is 0 Å². The standard InChI is InChI=1S/C25H16O/c26-25-22-13-7-6-12-21(22)24-16-18(14-15-23(24)25)20-11-5-4-10-19(20)17-8-2-1-3-9-17/h1-16H. The lowest BCUT2D eigenvalue weighted by Crippen LogP contribution is -1.94. The Morgan fingerprint density at radius 2 is 0.923 bits per heavy atom. The summed E-state index contributed by atoms with van der Waals surface area (Å²) in [4.78, 5) is 12.6. The number of carbonyl (C=O) groups excluding carboxylic acids is 1. The number of hydrogen-bond acceptors (Lipinski definition) is 1. The lowest BCUT2D eigenvalue weighted by molar-refractivity contribution is 0.104. The molecule has 26 heavy (non-hydrogen) atoms. The molecule has 0 saturated heterocycles. The van der Waals surface area contributed by atoms with Crippen LogP contribution in [0.2, 0.25) is 0 Å². The Balaban J connectivity index is 1.71. The van der Waals surface area contributed by atoms with Gasteiger partial charge in [-0.1, -0.05) is 84.9 Å². The molecule has 0 fully saturated rings. The summed E-state index contributed by atoms with van der Waals surface area (Å²) in [7, 11) is 0. The Labute approximate surface area is 152 Å². The van der Waals surface area contributed by atoms with Crippen molar-refractivity contribution in [2.24, 2.45) is 0 Å². The highest BCUT2D eigenvalue weighted by molar-refractivity contribution is 6.22. The van der Waals surface area contributed by atoms with Crippen molar-refractivity contribution in [3.05, 3.63) is 108 Å². The minimum Gasteiger partial charge on any atom is -0.289 e. The van der Waals surface area contributed by atoms with Crippen molar-refractivity contribution < 1.29 is 4.79 Å². The Morgan fingerprint density at radius 3 is 1.65 bits per heavy atom. The third-order valence-electron chi connectivity index (χ3n) is 5.05. The zero-order valence-electron chi connectivity index (χ0n) is 14.1. The molecule has 1 nitrogen and oxygen atoms in total. The first-order valence-corrected chi connectivity index (χ1v) is 8.76. The lowest BCUT2D eigenvalue weighted by atomic mass is 9.92. The van der Waals surface area contributed by atoms with Crippen LogP contribution in [0.1, 0.15) is 15.9 Å². The van der Waals surface area contributed by atoms with Crippen LogP contribution in [-0.4, -0.2) is 5.78 Å². The van der Waals surface area contributed by atoms with E-state index in [0.717, 1.165) is 27.8 Å². The molecule has 1 heteroatoms. The van der Waals surface area contributed by atoms with Gasteiger partial charge in [-0.2, -0.15) is 0 Å². The van der Waals surface area contributed by atoms with Crippen molar-refractivity contribution in [3.8, 4) is 33.4 Å². The van der Waals surface area contributed by atoms with E-state index in [1.165, 1.54) is 16.7 Å². The summed E-state index contributed by atoms with van der Waals surface area (Å²) in [5, 5.41) is 0. The molecule has 4 aromatic carbocycles. The van der Waals surface area contributed by atoms with Crippen molar-refractivity contribution in [1.82, 2.24) is 0 Å². The molecule has 122 valence electrons. The van der Waals surface area contributed by atoms with Gasteiger partial charge in [0.05, 0.1) is 0 Å². The number of carbonyl (C=O) groups is 1. The second-order valence-corrected chi connectivity index (χ2v) is 6.55. The van der Waals surface area contributed by atoms with E-state index >= 15 is 0 Å². The first-order valence-electron chi connectivity index (χ1n) is 8.76. The number of benzene rings is 4. The van der Waals surface area contributed by atoms with E-state index in [1.54, 1.807) is 0 Å². The van der Waals surface area contributed by atoms with Gasteiger partial charge >= 0.3 is 0 Å². The Morgan fingerprint density at radius 1 is 0.385 bits per heavy atom. The van der Waals surface area contributed by atoms with Crippen molar-refractivity contribution in [1.29, 1.82) is 0 Å². The minimum atomic E-state index is 0.124. The fraction of sp³-hybridized carbons (Fsp3) is 0. The van der Waals surface area contributed by atoms with Gasteiger partial charge in [0.1, 0.15) is 0 Å².